The van der Waals surface area contributed by atoms with Gasteiger partial charge < -0.3 is 9.15 Å². The van der Waals surface area contributed by atoms with Crippen LogP contribution in [0.15, 0.2) is 44.3 Å². The monoisotopic (exact) mass is 365 g/mol. The molecule has 1 aromatic carbocycles. The molecule has 0 unspecified atom stereocenters. The van der Waals surface area contributed by atoms with Crippen LogP contribution in [0, 0.1) is 6.92 Å². The molecule has 24 heavy (non-hydrogen) atoms. The molecule has 0 saturated carbocycles. The molecule has 0 aliphatic heterocycles. The largest absolute Gasteiger partial charge is 0.492 e. The summed E-state index contributed by atoms with van der Waals surface area (Å²) in [6, 6.07) is 8.38. The minimum atomic E-state index is -3.74. The van der Waals surface area contributed by atoms with E-state index in [9.17, 15) is 8.42 Å². The lowest BCUT2D eigenvalue weighted by Gasteiger charge is -2.11. The summed E-state index contributed by atoms with van der Waals surface area (Å²) in [5.41, 5.74) is 0.960. The molecule has 3 rings (SSSR count). The topological polar surface area (TPSA) is 94.3 Å². The van der Waals surface area contributed by atoms with E-state index in [0.29, 0.717) is 35.4 Å². The third kappa shape index (κ3) is 3.41. The van der Waals surface area contributed by atoms with Gasteiger partial charge in [-0.1, -0.05) is 12.1 Å². The quantitative estimate of drug-likeness (QED) is 0.720. The highest BCUT2D eigenvalue weighted by molar-refractivity contribution is 7.94. The molecule has 9 heteroatoms. The molecule has 0 atom stereocenters. The van der Waals surface area contributed by atoms with E-state index in [4.69, 9.17) is 9.15 Å². The lowest BCUT2D eigenvalue weighted by molar-refractivity contribution is 0.342. The van der Waals surface area contributed by atoms with Crippen molar-refractivity contribution < 1.29 is 17.6 Å². The van der Waals surface area contributed by atoms with E-state index in [1.165, 1.54) is 6.07 Å². The Morgan fingerprint density at radius 2 is 2.08 bits per heavy atom. The van der Waals surface area contributed by atoms with Gasteiger partial charge in [-0.05, 0) is 25.1 Å². The molecule has 7 nitrogen and oxygen atoms in total. The van der Waals surface area contributed by atoms with Gasteiger partial charge in [0.05, 0.1) is 17.9 Å². The number of aryl methyl sites for hydroxylation is 1. The molecule has 2 aromatic heterocycles. The number of aromatic nitrogens is 2. The van der Waals surface area contributed by atoms with Crippen LogP contribution in [0.4, 0.5) is 5.69 Å². The summed E-state index contributed by atoms with van der Waals surface area (Å²) in [5.74, 6) is 1.19. The van der Waals surface area contributed by atoms with Crippen molar-refractivity contribution in [1.29, 1.82) is 0 Å². The lowest BCUT2D eigenvalue weighted by Crippen LogP contribution is -2.12. The molecule has 0 amide bonds. The zero-order chi connectivity index (χ0) is 17.2. The van der Waals surface area contributed by atoms with E-state index < -0.39 is 10.0 Å². The smallest absolute Gasteiger partial charge is 0.271 e. The zero-order valence-electron chi connectivity index (χ0n) is 13.0. The van der Waals surface area contributed by atoms with Gasteiger partial charge >= 0.3 is 0 Å². The number of benzene rings is 1. The van der Waals surface area contributed by atoms with E-state index in [1.807, 2.05) is 6.92 Å². The van der Waals surface area contributed by atoms with Crippen LogP contribution in [0.2, 0.25) is 0 Å². The number of para-hydroxylation sites is 2. The highest BCUT2D eigenvalue weighted by Gasteiger charge is 2.20. The van der Waals surface area contributed by atoms with E-state index in [1.54, 1.807) is 36.6 Å². The van der Waals surface area contributed by atoms with Crippen LogP contribution >= 0.6 is 11.3 Å². The standard InChI is InChI=1S/C15H15N3O4S2/c1-3-21-13-7-5-4-6-12(13)18-24(19,20)14-8-11(9-23-14)15-17-16-10(2)22-15/h4-9,18H,3H2,1-2H3. The number of hydrogen-bond donors (Lipinski definition) is 1. The fourth-order valence-electron chi connectivity index (χ4n) is 2.01. The Kier molecular flexibility index (Phi) is 4.54. The first-order chi connectivity index (χ1) is 11.5. The molecule has 3 aromatic rings. The first kappa shape index (κ1) is 16.5. The van der Waals surface area contributed by atoms with Crippen molar-refractivity contribution in [1.82, 2.24) is 10.2 Å². The number of thiophene rings is 1. The van der Waals surface area contributed by atoms with Gasteiger partial charge in [0.25, 0.3) is 10.0 Å². The van der Waals surface area contributed by atoms with Gasteiger partial charge in [0.1, 0.15) is 9.96 Å². The predicted octanol–water partition coefficient (Wildman–Crippen LogP) is 3.31. The van der Waals surface area contributed by atoms with Crippen molar-refractivity contribution in [3.8, 4) is 17.2 Å². The van der Waals surface area contributed by atoms with Gasteiger partial charge in [0, 0.05) is 12.3 Å². The average Bonchev–Trinajstić information content (AvgIpc) is 3.18. The van der Waals surface area contributed by atoms with Crippen molar-refractivity contribution in [2.45, 2.75) is 18.1 Å². The molecular weight excluding hydrogens is 350 g/mol. The van der Waals surface area contributed by atoms with Crippen molar-refractivity contribution in [3.05, 3.63) is 41.6 Å². The molecule has 0 fully saturated rings. The van der Waals surface area contributed by atoms with Crippen LogP contribution in [0.3, 0.4) is 0 Å². The van der Waals surface area contributed by atoms with E-state index in [-0.39, 0.29) is 4.21 Å². The molecule has 1 N–H and O–H groups in total. The number of rotatable bonds is 6. The third-order valence-corrected chi connectivity index (χ3v) is 5.85. The van der Waals surface area contributed by atoms with Gasteiger partial charge in [0.2, 0.25) is 11.8 Å². The number of anilines is 1. The summed E-state index contributed by atoms with van der Waals surface area (Å²) in [5, 5.41) is 9.29. The van der Waals surface area contributed by atoms with E-state index in [2.05, 4.69) is 14.9 Å². The van der Waals surface area contributed by atoms with E-state index in [0.717, 1.165) is 11.3 Å². The Hall–Kier alpha value is -2.39. The molecule has 0 radical (unpaired) electrons. The summed E-state index contributed by atoms with van der Waals surface area (Å²) in [7, 11) is -3.74. The predicted molar refractivity (Wildman–Crippen MR) is 90.8 cm³/mol. The Balaban J connectivity index is 1.88. The average molecular weight is 365 g/mol. The van der Waals surface area contributed by atoms with Crippen molar-refractivity contribution >= 4 is 27.0 Å². The maximum Gasteiger partial charge on any atom is 0.271 e. The molecule has 2 heterocycles. The van der Waals surface area contributed by atoms with Gasteiger partial charge in [-0.3, -0.25) is 4.72 Å². The summed E-state index contributed by atoms with van der Waals surface area (Å²) in [6.07, 6.45) is 0. The highest BCUT2D eigenvalue weighted by Crippen LogP contribution is 2.31. The number of sulfonamides is 1. The molecule has 126 valence electrons. The number of nitrogens with zero attached hydrogens (tertiary/aromatic N) is 2. The van der Waals surface area contributed by atoms with Crippen LogP contribution in [-0.4, -0.2) is 25.2 Å². The van der Waals surface area contributed by atoms with Gasteiger partial charge in [-0.2, -0.15) is 0 Å². The second-order valence-corrected chi connectivity index (χ2v) is 7.64. The molecular formula is C15H15N3O4S2. The lowest BCUT2D eigenvalue weighted by atomic mass is 10.3. The fraction of sp³-hybridized carbons (Fsp3) is 0.200. The van der Waals surface area contributed by atoms with Crippen molar-refractivity contribution in [2.24, 2.45) is 0 Å². The van der Waals surface area contributed by atoms with E-state index >= 15 is 0 Å². The van der Waals surface area contributed by atoms with Crippen LogP contribution in [-0.2, 0) is 10.0 Å². The summed E-state index contributed by atoms with van der Waals surface area (Å²) >= 11 is 1.08. The van der Waals surface area contributed by atoms with Crippen LogP contribution < -0.4 is 9.46 Å². The number of hydrogen-bond acceptors (Lipinski definition) is 7. The van der Waals surface area contributed by atoms with Crippen LogP contribution in [0.1, 0.15) is 12.8 Å². The molecule has 0 saturated heterocycles. The number of nitrogens with one attached hydrogen (secondary N) is 1. The minimum Gasteiger partial charge on any atom is -0.492 e. The van der Waals surface area contributed by atoms with Crippen LogP contribution in [0.25, 0.3) is 11.5 Å². The Morgan fingerprint density at radius 3 is 2.79 bits per heavy atom. The Morgan fingerprint density at radius 1 is 1.29 bits per heavy atom. The van der Waals surface area contributed by atoms with Gasteiger partial charge in [-0.25, -0.2) is 8.42 Å². The minimum absolute atomic E-state index is 0.152. The summed E-state index contributed by atoms with van der Waals surface area (Å²) in [4.78, 5) is 0. The Labute approximate surface area is 143 Å². The van der Waals surface area contributed by atoms with Gasteiger partial charge in [0.15, 0.2) is 0 Å². The SMILES string of the molecule is CCOc1ccccc1NS(=O)(=O)c1cc(-c2nnc(C)o2)cs1. The molecule has 0 aliphatic rings. The second kappa shape index (κ2) is 6.62. The maximum absolute atomic E-state index is 12.6. The maximum atomic E-state index is 12.6. The molecule has 0 bridgehead atoms. The molecule has 0 spiro atoms. The van der Waals surface area contributed by atoms with Crippen molar-refractivity contribution in [2.75, 3.05) is 11.3 Å². The summed E-state index contributed by atoms with van der Waals surface area (Å²) in [6.45, 7) is 3.95. The second-order valence-electron chi connectivity index (χ2n) is 4.82. The first-order valence-corrected chi connectivity index (χ1v) is 9.49. The molecule has 0 aliphatic carbocycles. The Bertz CT molecular complexity index is 947. The normalized spacial score (nSPS) is 11.4. The number of ether oxygens (including phenoxy) is 1. The van der Waals surface area contributed by atoms with Gasteiger partial charge in [-0.15, -0.1) is 21.5 Å². The third-order valence-electron chi connectivity index (χ3n) is 3.04. The van der Waals surface area contributed by atoms with Crippen molar-refractivity contribution in [3.63, 3.8) is 0 Å². The fourth-order valence-corrected chi connectivity index (χ4v) is 4.23. The zero-order valence-corrected chi connectivity index (χ0v) is 14.6. The van der Waals surface area contributed by atoms with Crippen LogP contribution in [0.5, 0.6) is 5.75 Å². The highest BCUT2D eigenvalue weighted by atomic mass is 32.2. The summed E-state index contributed by atoms with van der Waals surface area (Å²) < 4.78 is 38.6. The first-order valence-electron chi connectivity index (χ1n) is 7.13.